The summed E-state index contributed by atoms with van der Waals surface area (Å²) in [5, 5.41) is 0. The number of aliphatic imine (C=N–C) groups is 1. The van der Waals surface area contributed by atoms with E-state index in [0.717, 1.165) is 16.3 Å². The van der Waals surface area contributed by atoms with Crippen LogP contribution in [0.15, 0.2) is 40.7 Å². The first-order valence-electron chi connectivity index (χ1n) is 10.0. The lowest BCUT2D eigenvalue weighted by Gasteiger charge is -2.40. The van der Waals surface area contributed by atoms with Crippen molar-refractivity contribution in [3.63, 3.8) is 0 Å². The third kappa shape index (κ3) is 3.31. The molecule has 31 heavy (non-hydrogen) atoms. The molecule has 3 aliphatic heterocycles. The molecule has 4 rings (SSSR count). The van der Waals surface area contributed by atoms with Crippen LogP contribution in [0.4, 0.5) is 9.18 Å². The van der Waals surface area contributed by atoms with E-state index in [2.05, 4.69) is 4.99 Å². The van der Waals surface area contributed by atoms with Crippen molar-refractivity contribution in [3.8, 4) is 0 Å². The highest BCUT2D eigenvalue weighted by Gasteiger charge is 2.55. The zero-order valence-corrected chi connectivity index (χ0v) is 17.8. The van der Waals surface area contributed by atoms with Gasteiger partial charge in [0.05, 0.1) is 13.2 Å². The molecule has 1 aromatic rings. The Morgan fingerprint density at radius 3 is 2.45 bits per heavy atom. The maximum atomic E-state index is 13.4. The van der Waals surface area contributed by atoms with Gasteiger partial charge in [-0.2, -0.15) is 0 Å². The van der Waals surface area contributed by atoms with Crippen LogP contribution in [0.25, 0.3) is 0 Å². The maximum Gasteiger partial charge on any atom is 0.328 e. The van der Waals surface area contributed by atoms with Gasteiger partial charge in [0.1, 0.15) is 12.4 Å². The van der Waals surface area contributed by atoms with Crippen LogP contribution in [0.2, 0.25) is 0 Å². The number of carbonyl (C=O) groups excluding carboxylic acids is 3. The fraction of sp³-hybridized carbons (Fsp3) is 0.429. The van der Waals surface area contributed by atoms with Crippen molar-refractivity contribution in [3.05, 3.63) is 47.0 Å². The van der Waals surface area contributed by atoms with Crippen LogP contribution in [-0.4, -0.2) is 75.9 Å². The SMILES string of the molecule is CCOC(=O)CN1C2=NC3C(C(=O)N(Cc4ccc(F)cc4)C(=O)N3C)N2C(C)=C1C. The van der Waals surface area contributed by atoms with Crippen LogP contribution in [0.5, 0.6) is 0 Å². The number of fused-ring (bicyclic) bond motifs is 3. The Bertz CT molecular complexity index is 1010. The summed E-state index contributed by atoms with van der Waals surface area (Å²) in [5.41, 5.74) is 2.22. The molecule has 0 aliphatic carbocycles. The molecule has 1 fully saturated rings. The minimum Gasteiger partial charge on any atom is -0.465 e. The molecular weight excluding hydrogens is 405 g/mol. The van der Waals surface area contributed by atoms with E-state index in [0.29, 0.717) is 11.5 Å². The van der Waals surface area contributed by atoms with Crippen LogP contribution in [0, 0.1) is 5.82 Å². The van der Waals surface area contributed by atoms with Crippen molar-refractivity contribution in [1.29, 1.82) is 0 Å². The lowest BCUT2D eigenvalue weighted by Crippen LogP contribution is -2.64. The van der Waals surface area contributed by atoms with Gasteiger partial charge in [-0.1, -0.05) is 12.1 Å². The lowest BCUT2D eigenvalue weighted by atomic mass is 10.1. The fourth-order valence-corrected chi connectivity index (χ4v) is 4.12. The van der Waals surface area contributed by atoms with E-state index < -0.39 is 24.2 Å². The Hall–Kier alpha value is -3.43. The minimum absolute atomic E-state index is 0.0307. The Balaban J connectivity index is 1.63. The van der Waals surface area contributed by atoms with Gasteiger partial charge in [-0.3, -0.25) is 19.4 Å². The van der Waals surface area contributed by atoms with Crippen LogP contribution in [0.1, 0.15) is 26.3 Å². The maximum absolute atomic E-state index is 13.4. The summed E-state index contributed by atoms with van der Waals surface area (Å²) in [7, 11) is 1.60. The molecule has 164 valence electrons. The summed E-state index contributed by atoms with van der Waals surface area (Å²) < 4.78 is 18.3. The van der Waals surface area contributed by atoms with E-state index in [4.69, 9.17) is 4.74 Å². The van der Waals surface area contributed by atoms with Gasteiger partial charge in [-0.05, 0) is 38.5 Å². The number of guanidine groups is 1. The second-order valence-corrected chi connectivity index (χ2v) is 7.66. The van der Waals surface area contributed by atoms with E-state index in [9.17, 15) is 18.8 Å². The van der Waals surface area contributed by atoms with Gasteiger partial charge in [0.25, 0.3) is 5.91 Å². The minimum atomic E-state index is -0.736. The number of benzene rings is 1. The van der Waals surface area contributed by atoms with E-state index in [1.54, 1.807) is 35.9 Å². The molecular formula is C21H24FN5O4. The normalized spacial score (nSPS) is 22.8. The van der Waals surface area contributed by atoms with Crippen molar-refractivity contribution in [2.75, 3.05) is 20.2 Å². The number of nitrogens with zero attached hydrogens (tertiary/aromatic N) is 5. The predicted octanol–water partition coefficient (Wildman–Crippen LogP) is 1.72. The summed E-state index contributed by atoms with van der Waals surface area (Å²) in [6.07, 6.45) is -0.702. The van der Waals surface area contributed by atoms with Gasteiger partial charge >= 0.3 is 12.0 Å². The smallest absolute Gasteiger partial charge is 0.328 e. The van der Waals surface area contributed by atoms with Crippen molar-refractivity contribution in [1.82, 2.24) is 19.6 Å². The topological polar surface area (TPSA) is 85.8 Å². The molecule has 2 atom stereocenters. The number of imide groups is 1. The number of hydrogen-bond acceptors (Lipinski definition) is 7. The zero-order chi connectivity index (χ0) is 22.4. The van der Waals surface area contributed by atoms with E-state index in [1.165, 1.54) is 17.0 Å². The standard InChI is InChI=1S/C21H24FN5O4/c1-5-31-16(28)11-25-12(2)13(3)27-17-18(23-20(25)27)24(4)21(30)26(19(17)29)10-14-6-8-15(22)9-7-14/h6-9,17-18H,5,10-11H2,1-4H3. The number of urea groups is 1. The van der Waals surface area contributed by atoms with Crippen LogP contribution in [0.3, 0.4) is 0 Å². The van der Waals surface area contributed by atoms with Gasteiger partial charge in [0, 0.05) is 18.4 Å². The van der Waals surface area contributed by atoms with Crippen LogP contribution < -0.4 is 0 Å². The van der Waals surface area contributed by atoms with Gasteiger partial charge in [-0.15, -0.1) is 0 Å². The third-order valence-electron chi connectivity index (χ3n) is 5.85. The van der Waals surface area contributed by atoms with E-state index in [-0.39, 0.29) is 31.4 Å². The predicted molar refractivity (Wildman–Crippen MR) is 109 cm³/mol. The molecule has 0 radical (unpaired) electrons. The van der Waals surface area contributed by atoms with Crippen molar-refractivity contribution < 1.29 is 23.5 Å². The lowest BCUT2D eigenvalue weighted by molar-refractivity contribution is -0.143. The molecule has 0 bridgehead atoms. The number of likely N-dealkylation sites (N-methyl/N-ethyl adjacent to an activating group) is 1. The molecule has 3 amide bonds. The molecule has 3 aliphatic rings. The number of carbonyl (C=O) groups is 3. The second kappa shape index (κ2) is 7.68. The molecule has 9 nitrogen and oxygen atoms in total. The average molecular weight is 429 g/mol. The zero-order valence-electron chi connectivity index (χ0n) is 17.8. The third-order valence-corrected chi connectivity index (χ3v) is 5.85. The highest BCUT2D eigenvalue weighted by Crippen LogP contribution is 2.37. The van der Waals surface area contributed by atoms with Gasteiger partial charge in [0.2, 0.25) is 5.96 Å². The van der Waals surface area contributed by atoms with Crippen LogP contribution >= 0.6 is 0 Å². The van der Waals surface area contributed by atoms with Crippen molar-refractivity contribution >= 4 is 23.9 Å². The van der Waals surface area contributed by atoms with Crippen LogP contribution in [-0.2, 0) is 20.9 Å². The number of hydrogen-bond donors (Lipinski definition) is 0. The second-order valence-electron chi connectivity index (χ2n) is 7.66. The van der Waals surface area contributed by atoms with Gasteiger partial charge in [0.15, 0.2) is 12.2 Å². The summed E-state index contributed by atoms with van der Waals surface area (Å²) in [4.78, 5) is 49.1. The number of esters is 1. The number of halogens is 1. The molecule has 0 saturated carbocycles. The molecule has 10 heteroatoms. The first-order valence-corrected chi connectivity index (χ1v) is 10.0. The van der Waals surface area contributed by atoms with Crippen molar-refractivity contribution in [2.24, 2.45) is 4.99 Å². The fourth-order valence-electron chi connectivity index (χ4n) is 4.12. The monoisotopic (exact) mass is 429 g/mol. The molecule has 3 heterocycles. The highest BCUT2D eigenvalue weighted by molar-refractivity contribution is 6.05. The highest BCUT2D eigenvalue weighted by atomic mass is 19.1. The Labute approximate surface area is 179 Å². The van der Waals surface area contributed by atoms with E-state index in [1.807, 2.05) is 13.8 Å². The summed E-state index contributed by atoms with van der Waals surface area (Å²) in [6, 6.07) is 4.47. The molecule has 1 aromatic carbocycles. The molecule has 0 N–H and O–H groups in total. The van der Waals surface area contributed by atoms with E-state index >= 15 is 0 Å². The molecule has 2 unspecified atom stereocenters. The Kier molecular flexibility index (Phi) is 5.16. The number of ether oxygens (including phenoxy) is 1. The molecule has 0 spiro atoms. The first-order chi connectivity index (χ1) is 14.7. The van der Waals surface area contributed by atoms with Gasteiger partial charge < -0.3 is 14.5 Å². The van der Waals surface area contributed by atoms with Gasteiger partial charge in [-0.25, -0.2) is 14.2 Å². The quantitative estimate of drug-likeness (QED) is 0.663. The molecule has 0 aromatic heterocycles. The van der Waals surface area contributed by atoms with Crippen molar-refractivity contribution in [2.45, 2.75) is 39.5 Å². The number of amides is 3. The number of allylic oxidation sites excluding steroid dienone is 2. The number of rotatable bonds is 5. The Morgan fingerprint density at radius 2 is 1.81 bits per heavy atom. The summed E-state index contributed by atoms with van der Waals surface area (Å²) in [6.45, 7) is 5.71. The molecule has 1 saturated heterocycles. The average Bonchev–Trinajstić information content (AvgIpc) is 3.23. The summed E-state index contributed by atoms with van der Waals surface area (Å²) >= 11 is 0. The summed E-state index contributed by atoms with van der Waals surface area (Å²) in [5.74, 6) is -0.722. The largest absolute Gasteiger partial charge is 0.465 e. The first kappa shape index (κ1) is 20.8. The Morgan fingerprint density at radius 1 is 1.13 bits per heavy atom.